The van der Waals surface area contributed by atoms with E-state index < -0.39 is 0 Å². The van der Waals surface area contributed by atoms with Crippen molar-refractivity contribution in [1.82, 2.24) is 0 Å². The Balaban J connectivity index is 1.69. The molecule has 0 atom stereocenters. The van der Waals surface area contributed by atoms with E-state index in [1.807, 2.05) is 72.8 Å². The molecule has 0 spiro atoms. The molecule has 0 fully saturated rings. The molecule has 3 aromatic rings. The van der Waals surface area contributed by atoms with E-state index in [2.05, 4.69) is 10.6 Å². The Labute approximate surface area is 165 Å². The van der Waals surface area contributed by atoms with Crippen LogP contribution >= 0.6 is 0 Å². The highest BCUT2D eigenvalue weighted by Crippen LogP contribution is 2.32. The predicted octanol–water partition coefficient (Wildman–Crippen LogP) is 4.84. The SMILES string of the molecule is COc1cccc(CNc2ccc(NC(C)=O)cc2)c1OCc1ccccc1. The summed E-state index contributed by atoms with van der Waals surface area (Å²) >= 11 is 0. The molecular weight excluding hydrogens is 352 g/mol. The van der Waals surface area contributed by atoms with Crippen LogP contribution < -0.4 is 20.1 Å². The Morgan fingerprint density at radius 1 is 0.893 bits per heavy atom. The lowest BCUT2D eigenvalue weighted by atomic mass is 10.1. The molecular formula is C23H24N2O3. The second-order valence-electron chi connectivity index (χ2n) is 6.33. The highest BCUT2D eigenvalue weighted by Gasteiger charge is 2.11. The number of ether oxygens (including phenoxy) is 2. The van der Waals surface area contributed by atoms with Crippen molar-refractivity contribution in [3.63, 3.8) is 0 Å². The summed E-state index contributed by atoms with van der Waals surface area (Å²) in [4.78, 5) is 11.1. The zero-order valence-corrected chi connectivity index (χ0v) is 16.1. The number of rotatable bonds is 8. The Kier molecular flexibility index (Phi) is 6.52. The van der Waals surface area contributed by atoms with Crippen LogP contribution in [0.3, 0.4) is 0 Å². The molecule has 0 unspecified atom stereocenters. The van der Waals surface area contributed by atoms with Gasteiger partial charge in [0.15, 0.2) is 11.5 Å². The molecule has 144 valence electrons. The smallest absolute Gasteiger partial charge is 0.221 e. The molecule has 1 amide bonds. The van der Waals surface area contributed by atoms with E-state index in [9.17, 15) is 4.79 Å². The average Bonchev–Trinajstić information content (AvgIpc) is 2.72. The van der Waals surface area contributed by atoms with Crippen molar-refractivity contribution in [2.24, 2.45) is 0 Å². The van der Waals surface area contributed by atoms with E-state index >= 15 is 0 Å². The van der Waals surface area contributed by atoms with Crippen molar-refractivity contribution in [2.75, 3.05) is 17.7 Å². The third kappa shape index (κ3) is 5.27. The first-order valence-electron chi connectivity index (χ1n) is 9.10. The summed E-state index contributed by atoms with van der Waals surface area (Å²) in [5, 5.41) is 6.14. The number of amides is 1. The van der Waals surface area contributed by atoms with Gasteiger partial charge >= 0.3 is 0 Å². The van der Waals surface area contributed by atoms with Crippen molar-refractivity contribution >= 4 is 17.3 Å². The Bertz CT molecular complexity index is 909. The number of para-hydroxylation sites is 1. The van der Waals surface area contributed by atoms with Gasteiger partial charge in [-0.05, 0) is 35.9 Å². The largest absolute Gasteiger partial charge is 0.493 e. The third-order valence-electron chi connectivity index (χ3n) is 4.19. The van der Waals surface area contributed by atoms with Crippen LogP contribution in [0.5, 0.6) is 11.5 Å². The van der Waals surface area contributed by atoms with Gasteiger partial charge in [-0.3, -0.25) is 4.79 Å². The first-order chi connectivity index (χ1) is 13.7. The van der Waals surface area contributed by atoms with Gasteiger partial charge in [-0.25, -0.2) is 0 Å². The van der Waals surface area contributed by atoms with Crippen LogP contribution in [0, 0.1) is 0 Å². The Morgan fingerprint density at radius 2 is 1.61 bits per heavy atom. The summed E-state index contributed by atoms with van der Waals surface area (Å²) in [7, 11) is 1.64. The minimum absolute atomic E-state index is 0.0858. The normalized spacial score (nSPS) is 10.2. The van der Waals surface area contributed by atoms with Crippen LogP contribution in [0.15, 0.2) is 72.8 Å². The maximum Gasteiger partial charge on any atom is 0.221 e. The van der Waals surface area contributed by atoms with Crippen LogP contribution in [0.25, 0.3) is 0 Å². The quantitative estimate of drug-likeness (QED) is 0.590. The second kappa shape index (κ2) is 9.46. The molecule has 2 N–H and O–H groups in total. The minimum atomic E-state index is -0.0858. The highest BCUT2D eigenvalue weighted by atomic mass is 16.5. The van der Waals surface area contributed by atoms with Gasteiger partial charge in [0.1, 0.15) is 6.61 Å². The van der Waals surface area contributed by atoms with Crippen molar-refractivity contribution < 1.29 is 14.3 Å². The third-order valence-corrected chi connectivity index (χ3v) is 4.19. The van der Waals surface area contributed by atoms with Crippen LogP contribution in [-0.2, 0) is 17.9 Å². The van der Waals surface area contributed by atoms with Crippen molar-refractivity contribution in [3.8, 4) is 11.5 Å². The molecule has 0 radical (unpaired) electrons. The summed E-state index contributed by atoms with van der Waals surface area (Å²) in [6.07, 6.45) is 0. The summed E-state index contributed by atoms with van der Waals surface area (Å²) in [6, 6.07) is 23.5. The lowest BCUT2D eigenvalue weighted by Gasteiger charge is -2.16. The van der Waals surface area contributed by atoms with E-state index in [1.54, 1.807) is 7.11 Å². The lowest BCUT2D eigenvalue weighted by molar-refractivity contribution is -0.114. The fraction of sp³-hybridized carbons (Fsp3) is 0.174. The van der Waals surface area contributed by atoms with E-state index in [-0.39, 0.29) is 5.91 Å². The van der Waals surface area contributed by atoms with Crippen LogP contribution in [0.1, 0.15) is 18.1 Å². The topological polar surface area (TPSA) is 59.6 Å². The van der Waals surface area contributed by atoms with Gasteiger partial charge in [0, 0.05) is 30.4 Å². The van der Waals surface area contributed by atoms with Gasteiger partial charge in [0.2, 0.25) is 5.91 Å². The first-order valence-corrected chi connectivity index (χ1v) is 9.10. The van der Waals surface area contributed by atoms with Gasteiger partial charge in [-0.2, -0.15) is 0 Å². The van der Waals surface area contributed by atoms with Gasteiger partial charge in [0.25, 0.3) is 0 Å². The Hall–Kier alpha value is -3.47. The molecule has 0 aliphatic heterocycles. The molecule has 0 heterocycles. The summed E-state index contributed by atoms with van der Waals surface area (Å²) in [5.74, 6) is 1.35. The molecule has 0 aliphatic carbocycles. The van der Waals surface area contributed by atoms with E-state index in [4.69, 9.17) is 9.47 Å². The van der Waals surface area contributed by atoms with Crippen LogP contribution in [0.4, 0.5) is 11.4 Å². The molecule has 0 saturated heterocycles. The number of methoxy groups -OCH3 is 1. The number of carbonyl (C=O) groups excluding carboxylic acids is 1. The fourth-order valence-electron chi connectivity index (χ4n) is 2.83. The molecule has 0 aliphatic rings. The summed E-state index contributed by atoms with van der Waals surface area (Å²) < 4.78 is 11.6. The second-order valence-corrected chi connectivity index (χ2v) is 6.33. The molecule has 3 rings (SSSR count). The average molecular weight is 376 g/mol. The standard InChI is InChI=1S/C23H24N2O3/c1-17(26)25-21-13-11-20(12-14-21)24-15-19-9-6-10-22(27-2)23(19)28-16-18-7-4-3-5-8-18/h3-14,24H,15-16H2,1-2H3,(H,25,26). The van der Waals surface area contributed by atoms with E-state index in [0.717, 1.165) is 28.3 Å². The number of hydrogen-bond donors (Lipinski definition) is 2. The number of nitrogens with one attached hydrogen (secondary N) is 2. The molecule has 5 nitrogen and oxygen atoms in total. The zero-order valence-electron chi connectivity index (χ0n) is 16.1. The lowest BCUT2D eigenvalue weighted by Crippen LogP contribution is -2.06. The van der Waals surface area contributed by atoms with Crippen molar-refractivity contribution in [2.45, 2.75) is 20.1 Å². The number of benzene rings is 3. The monoisotopic (exact) mass is 376 g/mol. The number of carbonyl (C=O) groups is 1. The van der Waals surface area contributed by atoms with Gasteiger partial charge in [-0.15, -0.1) is 0 Å². The number of anilines is 2. The number of hydrogen-bond acceptors (Lipinski definition) is 4. The molecule has 3 aromatic carbocycles. The zero-order chi connectivity index (χ0) is 19.8. The maximum absolute atomic E-state index is 11.1. The van der Waals surface area contributed by atoms with Crippen LogP contribution in [0.2, 0.25) is 0 Å². The molecule has 5 heteroatoms. The first kappa shape index (κ1) is 19.3. The minimum Gasteiger partial charge on any atom is -0.493 e. The van der Waals surface area contributed by atoms with E-state index in [1.165, 1.54) is 6.92 Å². The van der Waals surface area contributed by atoms with Gasteiger partial charge in [0.05, 0.1) is 7.11 Å². The van der Waals surface area contributed by atoms with Gasteiger partial charge < -0.3 is 20.1 Å². The highest BCUT2D eigenvalue weighted by molar-refractivity contribution is 5.88. The molecule has 0 bridgehead atoms. The molecule has 28 heavy (non-hydrogen) atoms. The predicted molar refractivity (Wildman–Crippen MR) is 112 cm³/mol. The summed E-state index contributed by atoms with van der Waals surface area (Å²) in [6.45, 7) is 2.55. The fourth-order valence-corrected chi connectivity index (χ4v) is 2.83. The molecule has 0 aromatic heterocycles. The molecule has 0 saturated carbocycles. The Morgan fingerprint density at radius 3 is 2.29 bits per heavy atom. The summed E-state index contributed by atoms with van der Waals surface area (Å²) in [5.41, 5.74) is 3.82. The van der Waals surface area contributed by atoms with Gasteiger partial charge in [-0.1, -0.05) is 42.5 Å². The van der Waals surface area contributed by atoms with E-state index in [0.29, 0.717) is 18.9 Å². The maximum atomic E-state index is 11.1. The van der Waals surface area contributed by atoms with Crippen molar-refractivity contribution in [3.05, 3.63) is 83.9 Å². The van der Waals surface area contributed by atoms with Crippen molar-refractivity contribution in [1.29, 1.82) is 0 Å². The van der Waals surface area contributed by atoms with Crippen LogP contribution in [-0.4, -0.2) is 13.0 Å².